The minimum atomic E-state index is -0.460. The third-order valence-electron chi connectivity index (χ3n) is 3.67. The van der Waals surface area contributed by atoms with Crippen LogP contribution in [0.25, 0.3) is 5.69 Å². The van der Waals surface area contributed by atoms with E-state index in [9.17, 15) is 14.7 Å². The third-order valence-corrected chi connectivity index (χ3v) is 4.86. The first kappa shape index (κ1) is 19.8. The molecular formula is C19H16ClN3O4S. The van der Waals surface area contributed by atoms with Crippen molar-refractivity contribution in [1.29, 1.82) is 0 Å². The van der Waals surface area contributed by atoms with E-state index in [1.54, 1.807) is 55.6 Å². The first-order valence-electron chi connectivity index (χ1n) is 8.12. The van der Waals surface area contributed by atoms with Gasteiger partial charge in [-0.3, -0.25) is 14.2 Å². The Morgan fingerprint density at radius 3 is 2.54 bits per heavy atom. The number of hydrogen-bond donors (Lipinski definition) is 2. The van der Waals surface area contributed by atoms with Gasteiger partial charge in [-0.15, -0.1) is 0 Å². The second-order valence-corrected chi connectivity index (χ2v) is 6.99. The second kappa shape index (κ2) is 8.81. The van der Waals surface area contributed by atoms with Crippen LogP contribution in [0.5, 0.6) is 11.6 Å². The lowest BCUT2D eigenvalue weighted by Gasteiger charge is -2.12. The number of ether oxygens (including phenoxy) is 1. The maximum Gasteiger partial charge on any atom is 0.262 e. The molecule has 0 unspecified atom stereocenters. The number of halogens is 1. The molecule has 144 valence electrons. The van der Waals surface area contributed by atoms with Gasteiger partial charge in [-0.05, 0) is 48.5 Å². The van der Waals surface area contributed by atoms with E-state index in [4.69, 9.17) is 16.3 Å². The molecule has 3 aromatic rings. The molecule has 0 atom stereocenters. The molecule has 0 saturated carbocycles. The Bertz CT molecular complexity index is 1040. The summed E-state index contributed by atoms with van der Waals surface area (Å²) < 4.78 is 6.44. The summed E-state index contributed by atoms with van der Waals surface area (Å²) in [6.45, 7) is 0. The minimum absolute atomic E-state index is 0.00528. The van der Waals surface area contributed by atoms with E-state index in [2.05, 4.69) is 10.3 Å². The maximum absolute atomic E-state index is 12.4. The van der Waals surface area contributed by atoms with Crippen molar-refractivity contribution in [2.75, 3.05) is 18.2 Å². The van der Waals surface area contributed by atoms with E-state index >= 15 is 0 Å². The molecule has 9 heteroatoms. The highest BCUT2D eigenvalue weighted by Crippen LogP contribution is 2.22. The molecule has 0 fully saturated rings. The average Bonchev–Trinajstić information content (AvgIpc) is 2.68. The molecule has 2 N–H and O–H groups in total. The Morgan fingerprint density at radius 1 is 1.21 bits per heavy atom. The van der Waals surface area contributed by atoms with Crippen LogP contribution in [0.1, 0.15) is 0 Å². The fraction of sp³-hybridized carbons (Fsp3) is 0.105. The van der Waals surface area contributed by atoms with Crippen molar-refractivity contribution < 1.29 is 14.6 Å². The molecule has 3 rings (SSSR count). The highest BCUT2D eigenvalue weighted by Gasteiger charge is 2.13. The second-order valence-electron chi connectivity index (χ2n) is 5.61. The van der Waals surface area contributed by atoms with Crippen LogP contribution >= 0.6 is 23.4 Å². The van der Waals surface area contributed by atoms with Crippen LogP contribution in [0.15, 0.2) is 64.5 Å². The number of hydrogen-bond acceptors (Lipinski definition) is 6. The summed E-state index contributed by atoms with van der Waals surface area (Å²) >= 11 is 6.86. The minimum Gasteiger partial charge on any atom is -0.497 e. The van der Waals surface area contributed by atoms with E-state index in [1.807, 2.05) is 0 Å². The number of methoxy groups -OCH3 is 1. The summed E-state index contributed by atoms with van der Waals surface area (Å²) in [5.74, 6) is -0.0593. The van der Waals surface area contributed by atoms with Crippen molar-refractivity contribution in [1.82, 2.24) is 9.55 Å². The Balaban J connectivity index is 1.79. The monoisotopic (exact) mass is 417 g/mol. The molecular weight excluding hydrogens is 402 g/mol. The predicted octanol–water partition coefficient (Wildman–Crippen LogP) is 3.33. The summed E-state index contributed by atoms with van der Waals surface area (Å²) in [7, 11) is 1.55. The van der Waals surface area contributed by atoms with Gasteiger partial charge in [0, 0.05) is 10.7 Å². The SMILES string of the molecule is COc1ccc(-n2c(SCC(=O)Nc3ccc(Cl)cc3)nc(O)cc2=O)cc1. The number of aromatic nitrogens is 2. The number of aromatic hydroxyl groups is 1. The van der Waals surface area contributed by atoms with Crippen molar-refractivity contribution in [2.24, 2.45) is 0 Å². The van der Waals surface area contributed by atoms with Gasteiger partial charge in [0.1, 0.15) is 5.75 Å². The van der Waals surface area contributed by atoms with Gasteiger partial charge in [-0.1, -0.05) is 23.4 Å². The molecule has 2 aromatic carbocycles. The van der Waals surface area contributed by atoms with Gasteiger partial charge < -0.3 is 15.2 Å². The van der Waals surface area contributed by atoms with E-state index in [0.717, 1.165) is 17.8 Å². The van der Waals surface area contributed by atoms with Crippen LogP contribution in [0.4, 0.5) is 5.69 Å². The van der Waals surface area contributed by atoms with Crippen molar-refractivity contribution in [2.45, 2.75) is 5.16 Å². The molecule has 28 heavy (non-hydrogen) atoms. The number of nitrogens with zero attached hydrogens (tertiary/aromatic N) is 2. The highest BCUT2D eigenvalue weighted by molar-refractivity contribution is 7.99. The molecule has 0 aliphatic carbocycles. The van der Waals surface area contributed by atoms with Gasteiger partial charge in [-0.2, -0.15) is 4.98 Å². The Labute approximate surface area is 169 Å². The van der Waals surface area contributed by atoms with Gasteiger partial charge in [0.25, 0.3) is 5.56 Å². The van der Waals surface area contributed by atoms with Crippen LogP contribution in [0.3, 0.4) is 0 Å². The summed E-state index contributed by atoms with van der Waals surface area (Å²) in [6, 6.07) is 14.5. The van der Waals surface area contributed by atoms with E-state index in [1.165, 1.54) is 4.57 Å². The standard InChI is InChI=1S/C19H16ClN3O4S/c1-27-15-8-6-14(7-9-15)23-18(26)10-16(24)22-19(23)28-11-17(25)21-13-4-2-12(20)3-5-13/h2-10,24H,11H2,1H3,(H,21,25). The molecule has 0 radical (unpaired) electrons. The Hall–Kier alpha value is -2.97. The van der Waals surface area contributed by atoms with E-state index in [0.29, 0.717) is 22.1 Å². The number of rotatable bonds is 6. The van der Waals surface area contributed by atoms with Crippen LogP contribution in [-0.4, -0.2) is 33.4 Å². The summed E-state index contributed by atoms with van der Waals surface area (Å²) in [5.41, 5.74) is 0.684. The average molecular weight is 418 g/mol. The zero-order valence-corrected chi connectivity index (χ0v) is 16.3. The fourth-order valence-corrected chi connectivity index (χ4v) is 3.32. The van der Waals surface area contributed by atoms with Gasteiger partial charge in [0.15, 0.2) is 5.16 Å². The summed E-state index contributed by atoms with van der Waals surface area (Å²) in [6.07, 6.45) is 0. The number of carbonyl (C=O) groups excluding carboxylic acids is 1. The molecule has 1 heterocycles. The lowest BCUT2D eigenvalue weighted by Crippen LogP contribution is -2.21. The number of nitrogens with one attached hydrogen (secondary N) is 1. The van der Waals surface area contributed by atoms with Gasteiger partial charge in [0.2, 0.25) is 11.8 Å². The smallest absolute Gasteiger partial charge is 0.262 e. The molecule has 0 bridgehead atoms. The molecule has 1 aromatic heterocycles. The molecule has 0 saturated heterocycles. The zero-order chi connectivity index (χ0) is 20.1. The molecule has 7 nitrogen and oxygen atoms in total. The Kier molecular flexibility index (Phi) is 6.23. The molecule has 0 aliphatic heterocycles. The van der Waals surface area contributed by atoms with Gasteiger partial charge in [0.05, 0.1) is 24.6 Å². The van der Waals surface area contributed by atoms with Crippen molar-refractivity contribution in [3.05, 3.63) is 70.0 Å². The number of carbonyl (C=O) groups is 1. The molecule has 1 amide bonds. The van der Waals surface area contributed by atoms with E-state index < -0.39 is 11.4 Å². The van der Waals surface area contributed by atoms with Crippen LogP contribution in [0, 0.1) is 0 Å². The number of thioether (sulfide) groups is 1. The normalized spacial score (nSPS) is 10.5. The lowest BCUT2D eigenvalue weighted by molar-refractivity contribution is -0.113. The quantitative estimate of drug-likeness (QED) is 0.472. The van der Waals surface area contributed by atoms with Crippen molar-refractivity contribution in [3.8, 4) is 17.3 Å². The first-order valence-corrected chi connectivity index (χ1v) is 9.48. The maximum atomic E-state index is 12.4. The lowest BCUT2D eigenvalue weighted by atomic mass is 10.3. The predicted molar refractivity (Wildman–Crippen MR) is 109 cm³/mol. The van der Waals surface area contributed by atoms with Crippen LogP contribution < -0.4 is 15.6 Å². The van der Waals surface area contributed by atoms with Gasteiger partial charge in [-0.25, -0.2) is 0 Å². The largest absolute Gasteiger partial charge is 0.497 e. The third kappa shape index (κ3) is 4.85. The van der Waals surface area contributed by atoms with Crippen LogP contribution in [-0.2, 0) is 4.79 Å². The Morgan fingerprint density at radius 2 is 1.89 bits per heavy atom. The topological polar surface area (TPSA) is 93.4 Å². The molecule has 0 spiro atoms. The summed E-state index contributed by atoms with van der Waals surface area (Å²) in [5, 5.41) is 13.2. The van der Waals surface area contributed by atoms with Crippen molar-refractivity contribution >= 4 is 35.0 Å². The van der Waals surface area contributed by atoms with Crippen molar-refractivity contribution in [3.63, 3.8) is 0 Å². The first-order chi connectivity index (χ1) is 13.5. The molecule has 0 aliphatic rings. The number of amides is 1. The number of anilines is 1. The summed E-state index contributed by atoms with van der Waals surface area (Å²) in [4.78, 5) is 28.6. The zero-order valence-electron chi connectivity index (χ0n) is 14.8. The van der Waals surface area contributed by atoms with Crippen LogP contribution in [0.2, 0.25) is 5.02 Å². The van der Waals surface area contributed by atoms with Gasteiger partial charge >= 0.3 is 0 Å². The number of benzene rings is 2. The fourth-order valence-electron chi connectivity index (χ4n) is 2.38. The van der Waals surface area contributed by atoms with E-state index in [-0.39, 0.29) is 16.8 Å². The highest BCUT2D eigenvalue weighted by atomic mass is 35.5.